The Kier molecular flexibility index (Phi) is 5.93. The van der Waals surface area contributed by atoms with Crippen LogP contribution < -0.4 is 14.8 Å². The Balaban J connectivity index is 2.81. The number of esters is 1. The Hall–Kier alpha value is -2.84. The first-order valence-corrected chi connectivity index (χ1v) is 5.86. The first-order chi connectivity index (χ1) is 9.97. The van der Waals surface area contributed by atoms with Crippen LogP contribution >= 0.6 is 0 Å². The van der Waals surface area contributed by atoms with Crippen molar-refractivity contribution in [2.75, 3.05) is 20.3 Å². The van der Waals surface area contributed by atoms with Crippen molar-refractivity contribution in [3.05, 3.63) is 17.8 Å². The van der Waals surface area contributed by atoms with Crippen LogP contribution in [0, 0.1) is 0 Å². The number of methoxy groups -OCH3 is 1. The first-order valence-electron chi connectivity index (χ1n) is 5.86. The Bertz CT molecular complexity index is 544. The van der Waals surface area contributed by atoms with Crippen molar-refractivity contribution in [1.82, 2.24) is 10.3 Å². The Morgan fingerprint density at radius 1 is 1.38 bits per heavy atom. The van der Waals surface area contributed by atoms with Gasteiger partial charge in [0.05, 0.1) is 19.3 Å². The molecule has 114 valence electrons. The summed E-state index contributed by atoms with van der Waals surface area (Å²) in [6.45, 7) is 1.27. The fraction of sp³-hybridized carbons (Fsp3) is 0.333. The number of aliphatic carboxylic acids is 1. The molecule has 0 fully saturated rings. The van der Waals surface area contributed by atoms with Crippen LogP contribution in [0.25, 0.3) is 0 Å². The lowest BCUT2D eigenvalue weighted by Gasteiger charge is -2.09. The minimum absolute atomic E-state index is 0.0334. The third-order valence-corrected chi connectivity index (χ3v) is 2.12. The van der Waals surface area contributed by atoms with Gasteiger partial charge in [0.15, 0.2) is 5.75 Å². The number of hydrogen-bond donors (Lipinski definition) is 2. The molecule has 9 heteroatoms. The number of nitrogens with zero attached hydrogens (tertiary/aromatic N) is 1. The maximum atomic E-state index is 11.5. The average Bonchev–Trinajstić information content (AvgIpc) is 2.45. The smallest absolute Gasteiger partial charge is 0.414 e. The SMILES string of the molecule is CCOC(=O)c1cnc(OC(=O)NCC(=O)O)c(OC)c1. The Morgan fingerprint density at radius 3 is 2.67 bits per heavy atom. The fourth-order valence-corrected chi connectivity index (χ4v) is 1.25. The topological polar surface area (TPSA) is 124 Å². The molecule has 21 heavy (non-hydrogen) atoms. The summed E-state index contributed by atoms with van der Waals surface area (Å²) in [6.07, 6.45) is 0.146. The highest BCUT2D eigenvalue weighted by atomic mass is 16.6. The quantitative estimate of drug-likeness (QED) is 0.725. The van der Waals surface area contributed by atoms with Gasteiger partial charge in [-0.2, -0.15) is 0 Å². The van der Waals surface area contributed by atoms with E-state index in [0.29, 0.717) is 0 Å². The lowest BCUT2D eigenvalue weighted by Crippen LogP contribution is -2.32. The zero-order valence-corrected chi connectivity index (χ0v) is 11.4. The van der Waals surface area contributed by atoms with Gasteiger partial charge in [0.25, 0.3) is 5.88 Å². The highest BCUT2D eigenvalue weighted by molar-refractivity contribution is 5.89. The molecule has 0 aliphatic carbocycles. The van der Waals surface area contributed by atoms with E-state index < -0.39 is 24.6 Å². The number of carbonyl (C=O) groups excluding carboxylic acids is 2. The summed E-state index contributed by atoms with van der Waals surface area (Å²) >= 11 is 0. The number of amides is 1. The zero-order valence-electron chi connectivity index (χ0n) is 11.4. The number of carboxylic acid groups (broad SMARTS) is 1. The highest BCUT2D eigenvalue weighted by Crippen LogP contribution is 2.25. The van der Waals surface area contributed by atoms with E-state index in [4.69, 9.17) is 19.3 Å². The third kappa shape index (κ3) is 4.97. The molecule has 0 aliphatic heterocycles. The number of hydrogen-bond acceptors (Lipinski definition) is 7. The first kappa shape index (κ1) is 16.2. The van der Waals surface area contributed by atoms with Crippen LogP contribution in [0.4, 0.5) is 4.79 Å². The highest BCUT2D eigenvalue weighted by Gasteiger charge is 2.16. The molecule has 0 saturated carbocycles. The summed E-state index contributed by atoms with van der Waals surface area (Å²) in [5.74, 6) is -1.98. The third-order valence-electron chi connectivity index (χ3n) is 2.12. The van der Waals surface area contributed by atoms with E-state index in [2.05, 4.69) is 4.98 Å². The molecule has 0 unspecified atom stereocenters. The van der Waals surface area contributed by atoms with Gasteiger partial charge in [0.1, 0.15) is 6.54 Å². The molecule has 0 aromatic carbocycles. The molecular formula is C12H14N2O7. The molecule has 0 saturated heterocycles. The minimum Gasteiger partial charge on any atom is -0.491 e. The van der Waals surface area contributed by atoms with Gasteiger partial charge in [0, 0.05) is 12.3 Å². The summed E-state index contributed by atoms with van der Waals surface area (Å²) in [5, 5.41) is 10.4. The van der Waals surface area contributed by atoms with E-state index in [1.807, 2.05) is 5.32 Å². The summed E-state index contributed by atoms with van der Waals surface area (Å²) in [4.78, 5) is 36.9. The summed E-state index contributed by atoms with van der Waals surface area (Å²) in [7, 11) is 1.30. The fourth-order valence-electron chi connectivity index (χ4n) is 1.25. The van der Waals surface area contributed by atoms with Crippen molar-refractivity contribution in [2.24, 2.45) is 0 Å². The maximum Gasteiger partial charge on any atom is 0.414 e. The van der Waals surface area contributed by atoms with Crippen molar-refractivity contribution in [3.63, 3.8) is 0 Å². The molecule has 0 bridgehead atoms. The van der Waals surface area contributed by atoms with Crippen molar-refractivity contribution >= 4 is 18.0 Å². The second kappa shape index (κ2) is 7.68. The van der Waals surface area contributed by atoms with Gasteiger partial charge < -0.3 is 24.6 Å². The van der Waals surface area contributed by atoms with Gasteiger partial charge >= 0.3 is 18.0 Å². The molecule has 1 aromatic rings. The van der Waals surface area contributed by atoms with Gasteiger partial charge in [-0.25, -0.2) is 14.6 Å². The largest absolute Gasteiger partial charge is 0.491 e. The number of carboxylic acids is 1. The molecule has 0 radical (unpaired) electrons. The van der Waals surface area contributed by atoms with E-state index in [0.717, 1.165) is 6.20 Å². The van der Waals surface area contributed by atoms with Crippen LogP contribution in [0.2, 0.25) is 0 Å². The number of ether oxygens (including phenoxy) is 3. The summed E-state index contributed by atoms with van der Waals surface area (Å²) < 4.78 is 14.5. The lowest BCUT2D eigenvalue weighted by molar-refractivity contribution is -0.135. The Morgan fingerprint density at radius 2 is 2.10 bits per heavy atom. The molecule has 9 nitrogen and oxygen atoms in total. The summed E-state index contributed by atoms with van der Waals surface area (Å²) in [6, 6.07) is 1.30. The number of carbonyl (C=O) groups is 3. The van der Waals surface area contributed by atoms with Crippen LogP contribution in [0.3, 0.4) is 0 Å². The molecule has 1 amide bonds. The monoisotopic (exact) mass is 298 g/mol. The van der Waals surface area contributed by atoms with Gasteiger partial charge in [-0.1, -0.05) is 0 Å². The van der Waals surface area contributed by atoms with Gasteiger partial charge in [-0.15, -0.1) is 0 Å². The molecule has 0 atom stereocenters. The standard InChI is InChI=1S/C12H14N2O7/c1-3-20-11(17)7-4-8(19-2)10(13-5-7)21-12(18)14-6-9(15)16/h4-5H,3,6H2,1-2H3,(H,14,18)(H,15,16). The van der Waals surface area contributed by atoms with Crippen LogP contribution in [0.5, 0.6) is 11.6 Å². The van der Waals surface area contributed by atoms with Gasteiger partial charge in [-0.05, 0) is 6.92 Å². The van der Waals surface area contributed by atoms with Crippen LogP contribution in [-0.2, 0) is 9.53 Å². The number of aromatic nitrogens is 1. The van der Waals surface area contributed by atoms with Crippen molar-refractivity contribution in [3.8, 4) is 11.6 Å². The van der Waals surface area contributed by atoms with Crippen molar-refractivity contribution in [1.29, 1.82) is 0 Å². The van der Waals surface area contributed by atoms with E-state index in [1.165, 1.54) is 13.2 Å². The van der Waals surface area contributed by atoms with E-state index in [1.54, 1.807) is 6.92 Å². The molecule has 0 spiro atoms. The normalized spacial score (nSPS) is 9.62. The van der Waals surface area contributed by atoms with Gasteiger partial charge in [0.2, 0.25) is 0 Å². The zero-order chi connectivity index (χ0) is 15.8. The number of nitrogens with one attached hydrogen (secondary N) is 1. The summed E-state index contributed by atoms with van der Waals surface area (Å²) in [5.41, 5.74) is 0.131. The molecule has 1 rings (SSSR count). The molecular weight excluding hydrogens is 284 g/mol. The number of pyridine rings is 1. The minimum atomic E-state index is -1.22. The van der Waals surface area contributed by atoms with Crippen LogP contribution in [0.15, 0.2) is 12.3 Å². The lowest BCUT2D eigenvalue weighted by atomic mass is 10.3. The molecule has 2 N–H and O–H groups in total. The predicted octanol–water partition coefficient (Wildman–Crippen LogP) is 0.440. The predicted molar refractivity (Wildman–Crippen MR) is 68.4 cm³/mol. The van der Waals surface area contributed by atoms with Crippen LogP contribution in [-0.4, -0.2) is 48.4 Å². The second-order valence-corrected chi connectivity index (χ2v) is 3.59. The van der Waals surface area contributed by atoms with E-state index >= 15 is 0 Å². The van der Waals surface area contributed by atoms with Crippen molar-refractivity contribution < 1.29 is 33.7 Å². The number of rotatable bonds is 6. The van der Waals surface area contributed by atoms with E-state index in [9.17, 15) is 14.4 Å². The average molecular weight is 298 g/mol. The molecule has 0 aliphatic rings. The van der Waals surface area contributed by atoms with E-state index in [-0.39, 0.29) is 23.8 Å². The maximum absolute atomic E-state index is 11.5. The molecule has 1 heterocycles. The van der Waals surface area contributed by atoms with Crippen LogP contribution in [0.1, 0.15) is 17.3 Å². The van der Waals surface area contributed by atoms with Gasteiger partial charge in [-0.3, -0.25) is 4.79 Å². The van der Waals surface area contributed by atoms with Crippen molar-refractivity contribution in [2.45, 2.75) is 6.92 Å². The second-order valence-electron chi connectivity index (χ2n) is 3.59. The Labute approximate surface area is 119 Å². The molecule has 1 aromatic heterocycles.